The van der Waals surface area contributed by atoms with E-state index in [9.17, 15) is 9.90 Å². The maximum atomic E-state index is 11.2. The average molecular weight is 171 g/mol. The van der Waals surface area contributed by atoms with Crippen molar-refractivity contribution in [2.45, 2.75) is 25.0 Å². The van der Waals surface area contributed by atoms with Gasteiger partial charge >= 0.3 is 0 Å². The van der Waals surface area contributed by atoms with Crippen LogP contribution in [0.3, 0.4) is 0 Å². The van der Waals surface area contributed by atoms with E-state index < -0.39 is 12.2 Å². The summed E-state index contributed by atoms with van der Waals surface area (Å²) in [6, 6.07) is 0. The third kappa shape index (κ3) is 1.44. The Morgan fingerprint density at radius 3 is 2.92 bits per heavy atom. The van der Waals surface area contributed by atoms with Crippen LogP contribution in [0.25, 0.3) is 0 Å². The number of carbonyl (C=O) groups is 1. The zero-order valence-corrected chi connectivity index (χ0v) is 6.82. The van der Waals surface area contributed by atoms with E-state index in [0.717, 1.165) is 12.8 Å². The molecule has 1 saturated carbocycles. The van der Waals surface area contributed by atoms with Gasteiger partial charge in [-0.3, -0.25) is 4.79 Å². The minimum absolute atomic E-state index is 0.166. The molecule has 12 heavy (non-hydrogen) atoms. The summed E-state index contributed by atoms with van der Waals surface area (Å²) in [5, 5.41) is 12.3. The molecule has 2 unspecified atom stereocenters. The molecule has 1 aliphatic heterocycles. The molecule has 2 atom stereocenters. The smallest absolute Gasteiger partial charge is 0.251 e. The van der Waals surface area contributed by atoms with Gasteiger partial charge in [0.05, 0.1) is 12.7 Å². The van der Waals surface area contributed by atoms with E-state index in [-0.39, 0.29) is 5.91 Å². The standard InChI is InChI=1S/C8H13NO3/c10-6(5-1-2-5)7-8(11)9-3-4-12-7/h5-7,10H,1-4H2,(H,9,11). The fraction of sp³-hybridized carbons (Fsp3) is 0.875. The van der Waals surface area contributed by atoms with Crippen LogP contribution >= 0.6 is 0 Å². The van der Waals surface area contributed by atoms with E-state index in [0.29, 0.717) is 19.1 Å². The van der Waals surface area contributed by atoms with Crippen molar-refractivity contribution in [3.63, 3.8) is 0 Å². The zero-order chi connectivity index (χ0) is 8.55. The van der Waals surface area contributed by atoms with Gasteiger partial charge in [-0.1, -0.05) is 0 Å². The maximum absolute atomic E-state index is 11.2. The second kappa shape index (κ2) is 3.03. The van der Waals surface area contributed by atoms with Gasteiger partial charge in [0.2, 0.25) is 0 Å². The van der Waals surface area contributed by atoms with E-state index in [4.69, 9.17) is 4.74 Å². The van der Waals surface area contributed by atoms with Gasteiger partial charge in [-0.15, -0.1) is 0 Å². The first-order valence-electron chi connectivity index (χ1n) is 4.36. The van der Waals surface area contributed by atoms with Crippen molar-refractivity contribution in [2.24, 2.45) is 5.92 Å². The van der Waals surface area contributed by atoms with Gasteiger partial charge in [-0.05, 0) is 18.8 Å². The van der Waals surface area contributed by atoms with E-state index in [2.05, 4.69) is 5.32 Å². The summed E-state index contributed by atoms with van der Waals surface area (Å²) in [5.74, 6) is 0.125. The Bertz CT molecular complexity index is 191. The summed E-state index contributed by atoms with van der Waals surface area (Å²) in [5.41, 5.74) is 0. The first kappa shape index (κ1) is 8.01. The summed E-state index contributed by atoms with van der Waals surface area (Å²) < 4.78 is 5.19. The number of amides is 1. The van der Waals surface area contributed by atoms with Gasteiger partial charge < -0.3 is 15.2 Å². The Kier molecular flexibility index (Phi) is 2.02. The van der Waals surface area contributed by atoms with Crippen molar-refractivity contribution in [3.05, 3.63) is 0 Å². The normalized spacial score (nSPS) is 32.8. The molecule has 0 spiro atoms. The third-order valence-corrected chi connectivity index (χ3v) is 2.37. The number of ether oxygens (including phenoxy) is 1. The Balaban J connectivity index is 1.94. The summed E-state index contributed by atoms with van der Waals surface area (Å²) in [6.45, 7) is 1.08. The predicted octanol–water partition coefficient (Wildman–Crippen LogP) is -0.728. The quantitative estimate of drug-likeness (QED) is 0.576. The Labute approximate surface area is 70.9 Å². The van der Waals surface area contributed by atoms with Crippen molar-refractivity contribution in [2.75, 3.05) is 13.2 Å². The van der Waals surface area contributed by atoms with E-state index in [1.807, 2.05) is 0 Å². The predicted molar refractivity (Wildman–Crippen MR) is 41.5 cm³/mol. The molecule has 2 N–H and O–H groups in total. The van der Waals surface area contributed by atoms with Crippen LogP contribution in [-0.2, 0) is 9.53 Å². The Morgan fingerprint density at radius 2 is 2.33 bits per heavy atom. The lowest BCUT2D eigenvalue weighted by molar-refractivity contribution is -0.147. The molecule has 68 valence electrons. The number of aliphatic hydroxyl groups excluding tert-OH is 1. The third-order valence-electron chi connectivity index (χ3n) is 2.37. The first-order chi connectivity index (χ1) is 5.79. The summed E-state index contributed by atoms with van der Waals surface area (Å²) in [6.07, 6.45) is 0.833. The Morgan fingerprint density at radius 1 is 1.58 bits per heavy atom. The second-order valence-corrected chi connectivity index (χ2v) is 3.41. The van der Waals surface area contributed by atoms with Crippen LogP contribution in [0.4, 0.5) is 0 Å². The van der Waals surface area contributed by atoms with Crippen molar-refractivity contribution in [3.8, 4) is 0 Å². The molecule has 0 aromatic heterocycles. The first-order valence-corrected chi connectivity index (χ1v) is 4.36. The number of hydrogen-bond donors (Lipinski definition) is 2. The molecule has 1 heterocycles. The van der Waals surface area contributed by atoms with Crippen LogP contribution in [0, 0.1) is 5.92 Å². The van der Waals surface area contributed by atoms with Gasteiger partial charge in [0, 0.05) is 6.54 Å². The van der Waals surface area contributed by atoms with E-state index in [1.54, 1.807) is 0 Å². The van der Waals surface area contributed by atoms with Crippen LogP contribution in [0.5, 0.6) is 0 Å². The minimum Gasteiger partial charge on any atom is -0.390 e. The average Bonchev–Trinajstić information content (AvgIpc) is 2.86. The molecule has 2 aliphatic rings. The lowest BCUT2D eigenvalue weighted by Gasteiger charge is -2.26. The minimum atomic E-state index is -0.619. The molecular formula is C8H13NO3. The molecular weight excluding hydrogens is 158 g/mol. The fourth-order valence-electron chi connectivity index (χ4n) is 1.48. The summed E-state index contributed by atoms with van der Waals surface area (Å²) in [7, 11) is 0. The van der Waals surface area contributed by atoms with Gasteiger partial charge in [0.25, 0.3) is 5.91 Å². The molecule has 1 amide bonds. The maximum Gasteiger partial charge on any atom is 0.251 e. The lowest BCUT2D eigenvalue weighted by atomic mass is 10.1. The highest BCUT2D eigenvalue weighted by molar-refractivity contribution is 5.82. The summed E-state index contributed by atoms with van der Waals surface area (Å²) >= 11 is 0. The molecule has 1 aliphatic carbocycles. The number of morpholine rings is 1. The molecule has 0 radical (unpaired) electrons. The van der Waals surface area contributed by atoms with Crippen LogP contribution in [0.2, 0.25) is 0 Å². The number of aliphatic hydroxyl groups is 1. The van der Waals surface area contributed by atoms with Crippen LogP contribution in [0.1, 0.15) is 12.8 Å². The molecule has 0 aromatic carbocycles. The van der Waals surface area contributed by atoms with Crippen LogP contribution < -0.4 is 5.32 Å². The van der Waals surface area contributed by atoms with Crippen molar-refractivity contribution < 1.29 is 14.6 Å². The van der Waals surface area contributed by atoms with E-state index in [1.165, 1.54) is 0 Å². The monoisotopic (exact) mass is 171 g/mol. The molecule has 4 nitrogen and oxygen atoms in total. The number of carbonyl (C=O) groups excluding carboxylic acids is 1. The highest BCUT2D eigenvalue weighted by Crippen LogP contribution is 2.34. The van der Waals surface area contributed by atoms with Crippen molar-refractivity contribution in [1.82, 2.24) is 5.32 Å². The molecule has 4 heteroatoms. The molecule has 0 bridgehead atoms. The topological polar surface area (TPSA) is 58.6 Å². The number of rotatable bonds is 2. The molecule has 0 aromatic rings. The molecule has 2 fully saturated rings. The van der Waals surface area contributed by atoms with E-state index >= 15 is 0 Å². The zero-order valence-electron chi connectivity index (χ0n) is 6.82. The highest BCUT2D eigenvalue weighted by Gasteiger charge is 2.40. The lowest BCUT2D eigenvalue weighted by Crippen LogP contribution is -2.50. The SMILES string of the molecule is O=C1NCCOC1C(O)C1CC1. The van der Waals surface area contributed by atoms with Gasteiger partial charge in [-0.25, -0.2) is 0 Å². The van der Waals surface area contributed by atoms with Crippen LogP contribution in [-0.4, -0.2) is 36.4 Å². The van der Waals surface area contributed by atoms with Crippen molar-refractivity contribution >= 4 is 5.91 Å². The largest absolute Gasteiger partial charge is 0.390 e. The summed E-state index contributed by atoms with van der Waals surface area (Å²) in [4.78, 5) is 11.2. The van der Waals surface area contributed by atoms with Crippen molar-refractivity contribution in [1.29, 1.82) is 0 Å². The fourth-order valence-corrected chi connectivity index (χ4v) is 1.48. The number of nitrogens with one attached hydrogen (secondary N) is 1. The second-order valence-electron chi connectivity index (χ2n) is 3.41. The van der Waals surface area contributed by atoms with Gasteiger partial charge in [0.1, 0.15) is 0 Å². The Hall–Kier alpha value is -0.610. The number of hydrogen-bond acceptors (Lipinski definition) is 3. The van der Waals surface area contributed by atoms with Crippen LogP contribution in [0.15, 0.2) is 0 Å². The molecule has 2 rings (SSSR count). The molecule has 1 saturated heterocycles. The van der Waals surface area contributed by atoms with Gasteiger partial charge in [0.15, 0.2) is 6.10 Å². The highest BCUT2D eigenvalue weighted by atomic mass is 16.5. The van der Waals surface area contributed by atoms with Gasteiger partial charge in [-0.2, -0.15) is 0 Å².